The van der Waals surface area contributed by atoms with Gasteiger partial charge in [-0.05, 0) is 104 Å². The summed E-state index contributed by atoms with van der Waals surface area (Å²) in [5.74, 6) is 0. The zero-order valence-corrected chi connectivity index (χ0v) is 24.1. The van der Waals surface area contributed by atoms with E-state index >= 15 is 0 Å². The number of hydrogen-bond acceptors (Lipinski definition) is 4. The largest absolute Gasteiger partial charge is 0.296 e. The van der Waals surface area contributed by atoms with E-state index in [1.54, 1.807) is 0 Å². The minimum Gasteiger partial charge on any atom is -0.296 e. The molecule has 0 aromatic carbocycles. The predicted octanol–water partition coefficient (Wildman–Crippen LogP) is 6.84. The number of nitrogens with zero attached hydrogens (tertiary/aromatic N) is 4. The van der Waals surface area contributed by atoms with Gasteiger partial charge < -0.3 is 0 Å². The van der Waals surface area contributed by atoms with Crippen LogP contribution in [0.5, 0.6) is 0 Å². The lowest BCUT2D eigenvalue weighted by Crippen LogP contribution is -2.65. The molecule has 2 fully saturated rings. The maximum atomic E-state index is 2.66. The average Bonchev–Trinajstić information content (AvgIpc) is 2.50. The molecule has 4 heteroatoms. The zero-order chi connectivity index (χ0) is 24.6. The summed E-state index contributed by atoms with van der Waals surface area (Å²) < 4.78 is 0. The van der Waals surface area contributed by atoms with Gasteiger partial charge in [0.1, 0.15) is 0 Å². The third-order valence-electron chi connectivity index (χ3n) is 7.08. The number of piperazine rings is 2. The summed E-state index contributed by atoms with van der Waals surface area (Å²) in [5, 5.41) is 0. The highest BCUT2D eigenvalue weighted by Gasteiger charge is 2.39. The third-order valence-corrected chi connectivity index (χ3v) is 7.08. The fraction of sp³-hybridized carbons (Fsp3) is 1.00. The highest BCUT2D eigenvalue weighted by atomic mass is 15.4. The number of hydrogen-bond donors (Lipinski definition) is 0. The molecule has 2 heterocycles. The Labute approximate surface area is 211 Å². The van der Waals surface area contributed by atoms with Gasteiger partial charge in [-0.25, -0.2) is 0 Å². The van der Waals surface area contributed by atoms with Crippen LogP contribution in [0.25, 0.3) is 0 Å². The normalized spacial score (nSPS) is 27.2. The van der Waals surface area contributed by atoms with E-state index in [2.05, 4.69) is 123 Å². The zero-order valence-electron chi connectivity index (χ0n) is 24.1. The van der Waals surface area contributed by atoms with Gasteiger partial charge in [-0.15, -0.1) is 0 Å². The lowest BCUT2D eigenvalue weighted by molar-refractivity contribution is -0.0500. The van der Waals surface area contributed by atoms with Crippen molar-refractivity contribution in [3.8, 4) is 0 Å². The Bertz CT molecular complexity index is 532. The first-order chi connectivity index (χ1) is 13.7. The molecule has 2 saturated heterocycles. The van der Waals surface area contributed by atoms with Crippen LogP contribution in [0.2, 0.25) is 0 Å². The van der Waals surface area contributed by atoms with Crippen molar-refractivity contribution in [2.24, 2.45) is 0 Å². The molecule has 202 valence electrons. The van der Waals surface area contributed by atoms with Crippen LogP contribution in [-0.2, 0) is 0 Å². The lowest BCUT2D eigenvalue weighted by Gasteiger charge is -2.53. The van der Waals surface area contributed by atoms with Gasteiger partial charge in [0, 0.05) is 73.0 Å². The quantitative estimate of drug-likeness (QED) is 0.384. The maximum Gasteiger partial charge on any atom is 0.0203 e. The van der Waals surface area contributed by atoms with E-state index in [0.29, 0.717) is 34.7 Å². The first-order valence-electron chi connectivity index (χ1n) is 12.7. The second-order valence-electron chi connectivity index (χ2n) is 14.2. The van der Waals surface area contributed by atoms with Gasteiger partial charge in [0.2, 0.25) is 0 Å². The molecule has 0 aromatic heterocycles. The number of rotatable bonds is 0. The standard InChI is InChI=1S/C14H30N2.C13H28N2.2CH4/c1-11-9-15(13(3,4)5)10-12(2)16(11)14(6,7)8;1-11-10-14(12(2,3)4)8-9-15(11)13(5,6)7;;/h11-12H,9-10H2,1-8H3;11H,8-10H2,1-7H3;2*1H4. The van der Waals surface area contributed by atoms with E-state index < -0.39 is 0 Å². The van der Waals surface area contributed by atoms with Crippen LogP contribution in [0.3, 0.4) is 0 Å². The average molecular weight is 471 g/mol. The van der Waals surface area contributed by atoms with Crippen LogP contribution in [0, 0.1) is 0 Å². The summed E-state index contributed by atoms with van der Waals surface area (Å²) in [6, 6.07) is 1.95. The highest BCUT2D eigenvalue weighted by Crippen LogP contribution is 2.29. The van der Waals surface area contributed by atoms with Crippen molar-refractivity contribution >= 4 is 0 Å². The van der Waals surface area contributed by atoms with E-state index in [9.17, 15) is 0 Å². The summed E-state index contributed by atoms with van der Waals surface area (Å²) in [6.45, 7) is 40.9. The lowest BCUT2D eigenvalue weighted by atomic mass is 9.94. The molecular formula is C29H66N4. The van der Waals surface area contributed by atoms with Crippen molar-refractivity contribution in [2.75, 3.05) is 32.7 Å². The Kier molecular flexibility index (Phi) is 12.9. The Morgan fingerprint density at radius 3 is 1.09 bits per heavy atom. The van der Waals surface area contributed by atoms with Gasteiger partial charge in [0.05, 0.1) is 0 Å². The Morgan fingerprint density at radius 1 is 0.455 bits per heavy atom. The molecule has 33 heavy (non-hydrogen) atoms. The molecule has 3 atom stereocenters. The molecule has 0 aliphatic carbocycles. The van der Waals surface area contributed by atoms with Crippen LogP contribution < -0.4 is 0 Å². The summed E-state index contributed by atoms with van der Waals surface area (Å²) in [5.41, 5.74) is 1.21. The monoisotopic (exact) mass is 471 g/mol. The van der Waals surface area contributed by atoms with Crippen molar-refractivity contribution in [1.82, 2.24) is 19.6 Å². The Hall–Kier alpha value is -0.160. The third kappa shape index (κ3) is 10.2. The van der Waals surface area contributed by atoms with Gasteiger partial charge in [0.25, 0.3) is 0 Å². The fourth-order valence-electron chi connectivity index (χ4n) is 5.76. The molecule has 0 bridgehead atoms. The van der Waals surface area contributed by atoms with Crippen LogP contribution >= 0.6 is 0 Å². The van der Waals surface area contributed by atoms with Gasteiger partial charge in [0.15, 0.2) is 0 Å². The molecule has 0 N–H and O–H groups in total. The SMILES string of the molecule is C.C.CC1CN(C(C)(C)C)CC(C)N1C(C)(C)C.CC1CN(C(C)(C)C)CCN1C(C)(C)C. The van der Waals surface area contributed by atoms with Crippen LogP contribution in [0.1, 0.15) is 119 Å². The minimum absolute atomic E-state index is 0. The van der Waals surface area contributed by atoms with Gasteiger partial charge in [-0.1, -0.05) is 14.9 Å². The van der Waals surface area contributed by atoms with E-state index in [1.807, 2.05) is 0 Å². The topological polar surface area (TPSA) is 13.0 Å². The van der Waals surface area contributed by atoms with Gasteiger partial charge >= 0.3 is 0 Å². The molecular weight excluding hydrogens is 404 g/mol. The molecule has 0 spiro atoms. The summed E-state index contributed by atoms with van der Waals surface area (Å²) in [7, 11) is 0. The van der Waals surface area contributed by atoms with Crippen molar-refractivity contribution in [3.05, 3.63) is 0 Å². The highest BCUT2D eigenvalue weighted by molar-refractivity contribution is 4.95. The van der Waals surface area contributed by atoms with Crippen molar-refractivity contribution in [3.63, 3.8) is 0 Å². The van der Waals surface area contributed by atoms with E-state index in [4.69, 9.17) is 0 Å². The maximum absolute atomic E-state index is 2.66. The molecule has 2 aliphatic rings. The van der Waals surface area contributed by atoms with Crippen molar-refractivity contribution < 1.29 is 0 Å². The van der Waals surface area contributed by atoms with Crippen LogP contribution in [-0.4, -0.2) is 92.6 Å². The fourth-order valence-corrected chi connectivity index (χ4v) is 5.76. The molecule has 0 radical (unpaired) electrons. The molecule has 4 nitrogen and oxygen atoms in total. The Morgan fingerprint density at radius 2 is 0.818 bits per heavy atom. The van der Waals surface area contributed by atoms with Crippen LogP contribution in [0.4, 0.5) is 0 Å². The minimum atomic E-state index is 0. The smallest absolute Gasteiger partial charge is 0.0203 e. The molecule has 0 saturated carbocycles. The molecule has 0 aromatic rings. The molecule has 0 amide bonds. The van der Waals surface area contributed by atoms with E-state index in [-0.39, 0.29) is 20.4 Å². The van der Waals surface area contributed by atoms with E-state index in [1.165, 1.54) is 32.7 Å². The summed E-state index contributed by atoms with van der Waals surface area (Å²) in [6.07, 6.45) is 0. The summed E-state index contributed by atoms with van der Waals surface area (Å²) >= 11 is 0. The van der Waals surface area contributed by atoms with E-state index in [0.717, 1.165) is 0 Å². The van der Waals surface area contributed by atoms with Crippen molar-refractivity contribution in [1.29, 1.82) is 0 Å². The molecule has 2 aliphatic heterocycles. The van der Waals surface area contributed by atoms with Gasteiger partial charge in [-0.3, -0.25) is 19.6 Å². The Balaban J connectivity index is 0. The van der Waals surface area contributed by atoms with Gasteiger partial charge in [-0.2, -0.15) is 0 Å². The second kappa shape index (κ2) is 12.2. The van der Waals surface area contributed by atoms with Crippen LogP contribution in [0.15, 0.2) is 0 Å². The molecule has 3 unspecified atom stereocenters. The first kappa shape index (κ1) is 35.0. The molecule has 2 rings (SSSR count). The second-order valence-corrected chi connectivity index (χ2v) is 14.2. The van der Waals surface area contributed by atoms with Crippen molar-refractivity contribution in [2.45, 2.75) is 159 Å². The summed E-state index contributed by atoms with van der Waals surface area (Å²) in [4.78, 5) is 10.5. The first-order valence-corrected chi connectivity index (χ1v) is 12.7. The predicted molar refractivity (Wildman–Crippen MR) is 153 cm³/mol.